The predicted octanol–water partition coefficient (Wildman–Crippen LogP) is 3.38. The van der Waals surface area contributed by atoms with Gasteiger partial charge in [-0.15, -0.1) is 0 Å². The zero-order valence-electron chi connectivity index (χ0n) is 8.01. The lowest BCUT2D eigenvalue weighted by molar-refractivity contribution is 1.10. The van der Waals surface area contributed by atoms with Gasteiger partial charge in [-0.1, -0.05) is 33.6 Å². The number of hydrogen-bond acceptors (Lipinski definition) is 2. The molecule has 2 rings (SSSR count). The molecule has 1 aromatic heterocycles. The Bertz CT molecular complexity index is 507. The molecule has 0 radical (unpaired) electrons. The zero-order chi connectivity index (χ0) is 11.0. The van der Waals surface area contributed by atoms with E-state index in [-0.39, 0.29) is 0 Å². The van der Waals surface area contributed by atoms with Crippen LogP contribution in [0, 0.1) is 6.92 Å². The summed E-state index contributed by atoms with van der Waals surface area (Å²) in [5, 5.41) is 7.48. The van der Waals surface area contributed by atoms with Crippen molar-refractivity contribution >= 4 is 33.3 Å². The second-order valence-electron chi connectivity index (χ2n) is 3.23. The third kappa shape index (κ3) is 1.87. The molecule has 5 heteroatoms. The number of aromatic amines is 1. The van der Waals surface area contributed by atoms with Crippen LogP contribution in [-0.4, -0.2) is 10.2 Å². The lowest BCUT2D eigenvalue weighted by atomic mass is 10.1. The van der Waals surface area contributed by atoms with Crippen LogP contribution in [0.3, 0.4) is 0 Å². The number of H-pyrrole nitrogens is 1. The third-order valence-electron chi connectivity index (χ3n) is 2.25. The summed E-state index contributed by atoms with van der Waals surface area (Å²) in [6.45, 7) is 1.91. The summed E-state index contributed by atoms with van der Waals surface area (Å²) in [5.74, 6) is 0.504. The number of nitrogen functional groups attached to an aromatic ring is 1. The van der Waals surface area contributed by atoms with Gasteiger partial charge in [-0.25, -0.2) is 0 Å². The first-order chi connectivity index (χ1) is 7.09. The Labute approximate surface area is 101 Å². The summed E-state index contributed by atoms with van der Waals surface area (Å²) in [7, 11) is 0. The van der Waals surface area contributed by atoms with Crippen molar-refractivity contribution in [3.05, 3.63) is 33.3 Å². The van der Waals surface area contributed by atoms with Crippen LogP contribution in [0.15, 0.2) is 22.7 Å². The fourth-order valence-electron chi connectivity index (χ4n) is 1.37. The maximum atomic E-state index is 6.13. The monoisotopic (exact) mass is 285 g/mol. The number of benzene rings is 1. The van der Waals surface area contributed by atoms with E-state index < -0.39 is 0 Å². The summed E-state index contributed by atoms with van der Waals surface area (Å²) < 4.78 is 0.946. The number of nitrogens with two attached hydrogens (primary N) is 1. The maximum absolute atomic E-state index is 6.13. The van der Waals surface area contributed by atoms with Crippen LogP contribution in [0.2, 0.25) is 5.02 Å². The Kier molecular flexibility index (Phi) is 2.71. The maximum Gasteiger partial charge on any atom is 0.148 e. The molecule has 0 bridgehead atoms. The van der Waals surface area contributed by atoms with Crippen LogP contribution in [0.5, 0.6) is 0 Å². The molecule has 1 aromatic carbocycles. The standard InChI is InChI=1S/C10H9BrClN3/c1-5-9(14-15-10(5)13)7-3-2-6(11)4-8(7)12/h2-4H,1H3,(H3,13,14,15). The van der Waals surface area contributed by atoms with Gasteiger partial charge in [-0.2, -0.15) is 5.10 Å². The molecular formula is C10H9BrClN3. The van der Waals surface area contributed by atoms with Crippen LogP contribution in [0.25, 0.3) is 11.3 Å². The van der Waals surface area contributed by atoms with E-state index in [4.69, 9.17) is 17.3 Å². The highest BCUT2D eigenvalue weighted by molar-refractivity contribution is 9.10. The van der Waals surface area contributed by atoms with Crippen LogP contribution < -0.4 is 5.73 Å². The second kappa shape index (κ2) is 3.87. The molecule has 0 spiro atoms. The Morgan fingerprint density at radius 2 is 2.20 bits per heavy atom. The largest absolute Gasteiger partial charge is 0.382 e. The van der Waals surface area contributed by atoms with E-state index in [9.17, 15) is 0 Å². The van der Waals surface area contributed by atoms with Crippen molar-refractivity contribution in [2.45, 2.75) is 6.92 Å². The lowest BCUT2D eigenvalue weighted by Gasteiger charge is -2.03. The lowest BCUT2D eigenvalue weighted by Crippen LogP contribution is -1.86. The number of aromatic nitrogens is 2. The molecule has 0 aliphatic rings. The third-order valence-corrected chi connectivity index (χ3v) is 3.05. The van der Waals surface area contributed by atoms with Gasteiger partial charge in [0.2, 0.25) is 0 Å². The van der Waals surface area contributed by atoms with Gasteiger partial charge in [-0.05, 0) is 19.1 Å². The molecule has 0 amide bonds. The van der Waals surface area contributed by atoms with Crippen molar-refractivity contribution < 1.29 is 0 Å². The minimum absolute atomic E-state index is 0.504. The minimum atomic E-state index is 0.504. The first kappa shape index (κ1) is 10.5. The normalized spacial score (nSPS) is 10.6. The summed E-state index contributed by atoms with van der Waals surface area (Å²) in [6.07, 6.45) is 0. The number of nitrogens with zero attached hydrogens (tertiary/aromatic N) is 1. The molecule has 0 fully saturated rings. The topological polar surface area (TPSA) is 54.7 Å². The molecular weight excluding hydrogens is 277 g/mol. The van der Waals surface area contributed by atoms with Gasteiger partial charge in [0.05, 0.1) is 10.7 Å². The van der Waals surface area contributed by atoms with E-state index in [2.05, 4.69) is 26.1 Å². The molecule has 0 unspecified atom stereocenters. The van der Waals surface area contributed by atoms with Gasteiger partial charge in [0.15, 0.2) is 0 Å². The number of hydrogen-bond donors (Lipinski definition) is 2. The van der Waals surface area contributed by atoms with Crippen molar-refractivity contribution in [2.75, 3.05) is 5.73 Å². The van der Waals surface area contributed by atoms with Crippen LogP contribution in [0.4, 0.5) is 5.82 Å². The summed E-state index contributed by atoms with van der Waals surface area (Å²) in [6, 6.07) is 5.69. The van der Waals surface area contributed by atoms with E-state index in [0.29, 0.717) is 10.8 Å². The average Bonchev–Trinajstić information content (AvgIpc) is 2.49. The van der Waals surface area contributed by atoms with Crippen molar-refractivity contribution in [3.63, 3.8) is 0 Å². The minimum Gasteiger partial charge on any atom is -0.382 e. The molecule has 0 saturated heterocycles. The highest BCUT2D eigenvalue weighted by Crippen LogP contribution is 2.32. The molecule has 0 atom stereocenters. The molecule has 2 aromatic rings. The van der Waals surface area contributed by atoms with Crippen molar-refractivity contribution in [3.8, 4) is 11.3 Å². The van der Waals surface area contributed by atoms with Gasteiger partial charge in [-0.3, -0.25) is 5.10 Å². The first-order valence-corrected chi connectivity index (χ1v) is 5.52. The molecule has 1 heterocycles. The predicted molar refractivity (Wildman–Crippen MR) is 65.9 cm³/mol. The van der Waals surface area contributed by atoms with Crippen LogP contribution >= 0.6 is 27.5 Å². The molecule has 3 nitrogen and oxygen atoms in total. The van der Waals surface area contributed by atoms with E-state index in [1.165, 1.54) is 0 Å². The average molecular weight is 287 g/mol. The van der Waals surface area contributed by atoms with E-state index >= 15 is 0 Å². The fraction of sp³-hybridized carbons (Fsp3) is 0.100. The number of anilines is 1. The second-order valence-corrected chi connectivity index (χ2v) is 4.56. The van der Waals surface area contributed by atoms with Crippen molar-refractivity contribution in [2.24, 2.45) is 0 Å². The van der Waals surface area contributed by atoms with Gasteiger partial charge in [0.25, 0.3) is 0 Å². The molecule has 78 valence electrons. The summed E-state index contributed by atoms with van der Waals surface area (Å²) in [5.41, 5.74) is 8.35. The molecule has 15 heavy (non-hydrogen) atoms. The number of rotatable bonds is 1. The van der Waals surface area contributed by atoms with Gasteiger partial charge in [0, 0.05) is 15.6 Å². The molecule has 0 saturated carbocycles. The Morgan fingerprint density at radius 1 is 1.47 bits per heavy atom. The van der Waals surface area contributed by atoms with E-state index in [1.54, 1.807) is 0 Å². The summed E-state index contributed by atoms with van der Waals surface area (Å²) in [4.78, 5) is 0. The quantitative estimate of drug-likeness (QED) is 0.844. The Hall–Kier alpha value is -1.000. The fourth-order valence-corrected chi connectivity index (χ4v) is 2.13. The van der Waals surface area contributed by atoms with Gasteiger partial charge < -0.3 is 5.73 Å². The van der Waals surface area contributed by atoms with Gasteiger partial charge >= 0.3 is 0 Å². The van der Waals surface area contributed by atoms with E-state index in [1.807, 2.05) is 25.1 Å². The summed E-state index contributed by atoms with van der Waals surface area (Å²) >= 11 is 9.48. The zero-order valence-corrected chi connectivity index (χ0v) is 10.4. The number of halogens is 2. The number of nitrogens with one attached hydrogen (secondary N) is 1. The highest BCUT2D eigenvalue weighted by Gasteiger charge is 2.11. The van der Waals surface area contributed by atoms with Crippen molar-refractivity contribution in [1.82, 2.24) is 10.2 Å². The SMILES string of the molecule is Cc1c(N)n[nH]c1-c1ccc(Br)cc1Cl. The Morgan fingerprint density at radius 3 is 2.73 bits per heavy atom. The smallest absolute Gasteiger partial charge is 0.148 e. The molecule has 3 N–H and O–H groups in total. The van der Waals surface area contributed by atoms with Crippen molar-refractivity contribution in [1.29, 1.82) is 0 Å². The van der Waals surface area contributed by atoms with Gasteiger partial charge in [0.1, 0.15) is 5.82 Å². The van der Waals surface area contributed by atoms with Crippen LogP contribution in [-0.2, 0) is 0 Å². The van der Waals surface area contributed by atoms with Crippen LogP contribution in [0.1, 0.15) is 5.56 Å². The first-order valence-electron chi connectivity index (χ1n) is 4.35. The highest BCUT2D eigenvalue weighted by atomic mass is 79.9. The van der Waals surface area contributed by atoms with E-state index in [0.717, 1.165) is 21.3 Å². The molecule has 0 aliphatic carbocycles. The Balaban J connectivity index is 2.59. The molecule has 0 aliphatic heterocycles.